The number of aromatic nitrogens is 2. The molecular weight excluding hydrogens is 324 g/mol. The molecule has 0 saturated heterocycles. The molecule has 6 heteroatoms. The van der Waals surface area contributed by atoms with Crippen LogP contribution in [0.25, 0.3) is 0 Å². The second-order valence-corrected chi connectivity index (χ2v) is 6.33. The predicted molar refractivity (Wildman–Crippen MR) is 95.8 cm³/mol. The van der Waals surface area contributed by atoms with Crippen LogP contribution in [0.1, 0.15) is 36.8 Å². The summed E-state index contributed by atoms with van der Waals surface area (Å²) < 4.78 is 0. The van der Waals surface area contributed by atoms with Crippen LogP contribution >= 0.6 is 11.6 Å². The zero-order chi connectivity index (χ0) is 16.9. The van der Waals surface area contributed by atoms with Crippen molar-refractivity contribution >= 4 is 23.4 Å². The Kier molecular flexibility index (Phi) is 5.19. The van der Waals surface area contributed by atoms with Crippen LogP contribution in [0.15, 0.2) is 30.5 Å². The van der Waals surface area contributed by atoms with Gasteiger partial charge in [0.05, 0.1) is 17.9 Å². The summed E-state index contributed by atoms with van der Waals surface area (Å²) in [6.45, 7) is 0. The monoisotopic (exact) mass is 342 g/mol. The van der Waals surface area contributed by atoms with Crippen molar-refractivity contribution in [2.75, 3.05) is 11.1 Å². The fraction of sp³-hybridized carbons (Fsp3) is 0.333. The standard InChI is InChI=1S/C18H19ClN4O/c19-14-5-2-12(3-6-14)1-4-13-11-21-18(20)23-17(13)22-15-7-9-16(24)10-8-15/h2-3,5-6,11,15-16,24H,7-10H2,(H3,20,21,22,23)/t15-,16-. The van der Waals surface area contributed by atoms with E-state index in [0.29, 0.717) is 16.4 Å². The number of anilines is 2. The molecule has 124 valence electrons. The van der Waals surface area contributed by atoms with Gasteiger partial charge in [0.2, 0.25) is 5.95 Å². The first-order valence-corrected chi connectivity index (χ1v) is 8.32. The summed E-state index contributed by atoms with van der Waals surface area (Å²) in [7, 11) is 0. The summed E-state index contributed by atoms with van der Waals surface area (Å²) in [6, 6.07) is 7.60. The van der Waals surface area contributed by atoms with Crippen LogP contribution in [0, 0.1) is 11.8 Å². The minimum Gasteiger partial charge on any atom is -0.393 e. The van der Waals surface area contributed by atoms with E-state index in [-0.39, 0.29) is 18.1 Å². The second-order valence-electron chi connectivity index (χ2n) is 5.90. The van der Waals surface area contributed by atoms with E-state index in [1.165, 1.54) is 0 Å². The third kappa shape index (κ3) is 4.38. The third-order valence-corrected chi connectivity index (χ3v) is 4.28. The molecule has 4 N–H and O–H groups in total. The SMILES string of the molecule is Nc1ncc(C#Cc2ccc(Cl)cc2)c(N[C@H]2CC[C@H](O)CC2)n1. The lowest BCUT2D eigenvalue weighted by Gasteiger charge is -2.26. The zero-order valence-electron chi connectivity index (χ0n) is 13.2. The molecule has 2 aromatic rings. The number of aliphatic hydroxyl groups is 1. The number of rotatable bonds is 2. The van der Waals surface area contributed by atoms with Crippen molar-refractivity contribution in [3.63, 3.8) is 0 Å². The van der Waals surface area contributed by atoms with E-state index in [1.54, 1.807) is 18.3 Å². The molecule has 0 spiro atoms. The average Bonchev–Trinajstić information content (AvgIpc) is 2.58. The summed E-state index contributed by atoms with van der Waals surface area (Å²) >= 11 is 5.88. The van der Waals surface area contributed by atoms with E-state index in [9.17, 15) is 5.11 Å². The molecule has 24 heavy (non-hydrogen) atoms. The van der Waals surface area contributed by atoms with Crippen LogP contribution in [0.4, 0.5) is 11.8 Å². The quantitative estimate of drug-likeness (QED) is 0.731. The number of benzene rings is 1. The highest BCUT2D eigenvalue weighted by atomic mass is 35.5. The van der Waals surface area contributed by atoms with Gasteiger partial charge < -0.3 is 16.2 Å². The van der Waals surface area contributed by atoms with Crippen molar-refractivity contribution < 1.29 is 5.11 Å². The number of nitrogens with two attached hydrogens (primary N) is 1. The molecule has 1 aromatic carbocycles. The molecular formula is C18H19ClN4O. The van der Waals surface area contributed by atoms with Crippen LogP contribution in [0.2, 0.25) is 5.02 Å². The topological polar surface area (TPSA) is 84.1 Å². The van der Waals surface area contributed by atoms with E-state index in [1.807, 2.05) is 12.1 Å². The fourth-order valence-corrected chi connectivity index (χ4v) is 2.81. The Morgan fingerprint density at radius 2 is 1.83 bits per heavy atom. The molecule has 0 amide bonds. The number of nitrogen functional groups attached to an aromatic ring is 1. The first-order chi connectivity index (χ1) is 11.6. The summed E-state index contributed by atoms with van der Waals surface area (Å²) in [5.41, 5.74) is 7.28. The van der Waals surface area contributed by atoms with Gasteiger partial charge in [-0.05, 0) is 49.9 Å². The molecule has 0 radical (unpaired) electrons. The van der Waals surface area contributed by atoms with Crippen molar-refractivity contribution in [3.05, 3.63) is 46.6 Å². The highest BCUT2D eigenvalue weighted by Crippen LogP contribution is 2.23. The summed E-state index contributed by atoms with van der Waals surface area (Å²) in [5, 5.41) is 13.7. The molecule has 0 aliphatic heterocycles. The van der Waals surface area contributed by atoms with Crippen molar-refractivity contribution in [1.29, 1.82) is 0 Å². The number of aliphatic hydroxyl groups excluding tert-OH is 1. The Labute approximate surface area is 146 Å². The first kappa shape index (κ1) is 16.6. The van der Waals surface area contributed by atoms with Gasteiger partial charge in [-0.2, -0.15) is 4.98 Å². The largest absolute Gasteiger partial charge is 0.393 e. The molecule has 0 unspecified atom stereocenters. The lowest BCUT2D eigenvalue weighted by molar-refractivity contribution is 0.126. The van der Waals surface area contributed by atoms with Gasteiger partial charge in [-0.1, -0.05) is 23.4 Å². The van der Waals surface area contributed by atoms with Gasteiger partial charge in [0.25, 0.3) is 0 Å². The van der Waals surface area contributed by atoms with E-state index in [2.05, 4.69) is 27.1 Å². The number of halogens is 1. The van der Waals surface area contributed by atoms with Crippen LogP contribution < -0.4 is 11.1 Å². The van der Waals surface area contributed by atoms with Crippen molar-refractivity contribution in [3.8, 4) is 11.8 Å². The number of hydrogen-bond acceptors (Lipinski definition) is 5. The van der Waals surface area contributed by atoms with E-state index < -0.39 is 0 Å². The summed E-state index contributed by atoms with van der Waals surface area (Å²) in [5.74, 6) is 7.03. The Morgan fingerprint density at radius 1 is 1.12 bits per heavy atom. The van der Waals surface area contributed by atoms with Crippen molar-refractivity contribution in [2.24, 2.45) is 0 Å². The highest BCUT2D eigenvalue weighted by Gasteiger charge is 2.20. The number of hydrogen-bond donors (Lipinski definition) is 3. The van der Waals surface area contributed by atoms with Crippen molar-refractivity contribution in [1.82, 2.24) is 9.97 Å². The normalized spacial score (nSPS) is 20.1. The predicted octanol–water partition coefficient (Wildman–Crippen LogP) is 2.83. The van der Waals surface area contributed by atoms with Gasteiger partial charge in [-0.3, -0.25) is 0 Å². The van der Waals surface area contributed by atoms with Crippen LogP contribution in [-0.4, -0.2) is 27.2 Å². The minimum atomic E-state index is -0.192. The maximum Gasteiger partial charge on any atom is 0.222 e. The third-order valence-electron chi connectivity index (χ3n) is 4.03. The number of nitrogens with one attached hydrogen (secondary N) is 1. The molecule has 0 bridgehead atoms. The van der Waals surface area contributed by atoms with Gasteiger partial charge in [0.1, 0.15) is 5.82 Å². The van der Waals surface area contributed by atoms with Crippen LogP contribution in [0.5, 0.6) is 0 Å². The molecule has 1 heterocycles. The van der Waals surface area contributed by atoms with Gasteiger partial charge >= 0.3 is 0 Å². The van der Waals surface area contributed by atoms with Gasteiger partial charge in [0, 0.05) is 16.6 Å². The lowest BCUT2D eigenvalue weighted by atomic mass is 9.93. The average molecular weight is 343 g/mol. The van der Waals surface area contributed by atoms with Crippen molar-refractivity contribution in [2.45, 2.75) is 37.8 Å². The number of nitrogens with zero attached hydrogens (tertiary/aromatic N) is 2. The molecule has 0 atom stereocenters. The Balaban J connectivity index is 1.79. The first-order valence-electron chi connectivity index (χ1n) is 7.95. The highest BCUT2D eigenvalue weighted by molar-refractivity contribution is 6.30. The maximum atomic E-state index is 9.62. The van der Waals surface area contributed by atoms with E-state index in [4.69, 9.17) is 17.3 Å². The Morgan fingerprint density at radius 3 is 2.54 bits per heavy atom. The zero-order valence-corrected chi connectivity index (χ0v) is 13.9. The molecule has 1 saturated carbocycles. The van der Waals surface area contributed by atoms with Crippen LogP contribution in [-0.2, 0) is 0 Å². The smallest absolute Gasteiger partial charge is 0.222 e. The summed E-state index contributed by atoms with van der Waals surface area (Å²) in [4.78, 5) is 8.32. The van der Waals surface area contributed by atoms with Gasteiger partial charge in [0.15, 0.2) is 0 Å². The van der Waals surface area contributed by atoms with E-state index in [0.717, 1.165) is 31.2 Å². The second kappa shape index (κ2) is 7.52. The Hall–Kier alpha value is -2.29. The molecule has 1 aliphatic rings. The molecule has 1 aromatic heterocycles. The minimum absolute atomic E-state index is 0.192. The lowest BCUT2D eigenvalue weighted by Crippen LogP contribution is -2.29. The molecule has 1 fully saturated rings. The Bertz CT molecular complexity index is 759. The molecule has 3 rings (SSSR count). The molecule has 5 nitrogen and oxygen atoms in total. The van der Waals surface area contributed by atoms with Gasteiger partial charge in [-0.15, -0.1) is 0 Å². The fourth-order valence-electron chi connectivity index (χ4n) is 2.68. The molecule has 1 aliphatic carbocycles. The maximum absolute atomic E-state index is 9.62. The van der Waals surface area contributed by atoms with Gasteiger partial charge in [-0.25, -0.2) is 4.98 Å². The van der Waals surface area contributed by atoms with Crippen LogP contribution in [0.3, 0.4) is 0 Å². The summed E-state index contributed by atoms with van der Waals surface area (Å²) in [6.07, 6.45) is 4.83. The van der Waals surface area contributed by atoms with E-state index >= 15 is 0 Å².